The molecule has 1 aromatic rings. The maximum Gasteiger partial charge on any atom is 0.290 e. The topological polar surface area (TPSA) is 59.2 Å². The second-order valence-electron chi connectivity index (χ2n) is 3.80. The molecule has 2 heterocycles. The predicted molar refractivity (Wildman–Crippen MR) is 53.7 cm³/mol. The molecule has 5 nitrogen and oxygen atoms in total. The molecule has 0 bridgehead atoms. The largest absolute Gasteiger partial charge is 0.331 e. The van der Waals surface area contributed by atoms with E-state index in [0.29, 0.717) is 18.2 Å². The molecule has 0 N–H and O–H groups in total. The highest BCUT2D eigenvalue weighted by Gasteiger charge is 2.24. The lowest BCUT2D eigenvalue weighted by Gasteiger charge is -2.20. The van der Waals surface area contributed by atoms with E-state index in [1.54, 1.807) is 0 Å². The minimum Gasteiger partial charge on any atom is -0.331 e. The fraction of sp³-hybridized carbons (Fsp3) is 0.700. The number of aldehydes is 1. The van der Waals surface area contributed by atoms with E-state index < -0.39 is 0 Å². The van der Waals surface area contributed by atoms with Gasteiger partial charge < -0.3 is 9.42 Å². The summed E-state index contributed by atoms with van der Waals surface area (Å²) in [6, 6.07) is 0.507. The zero-order valence-corrected chi connectivity index (χ0v) is 8.85. The molecule has 2 rings (SSSR count). The zero-order chi connectivity index (χ0) is 10.7. The highest BCUT2D eigenvalue weighted by Crippen LogP contribution is 2.19. The molecule has 15 heavy (non-hydrogen) atoms. The summed E-state index contributed by atoms with van der Waals surface area (Å²) in [6.07, 6.45) is 3.78. The SMILES string of the molecule is CCN1CCCC1Cc1noc(C=O)n1. The number of hydrogen-bond acceptors (Lipinski definition) is 5. The maximum atomic E-state index is 10.4. The Morgan fingerprint density at radius 3 is 3.20 bits per heavy atom. The van der Waals surface area contributed by atoms with Crippen molar-refractivity contribution in [2.45, 2.75) is 32.2 Å². The molecule has 0 amide bonds. The first-order valence-electron chi connectivity index (χ1n) is 5.35. The molecule has 0 spiro atoms. The van der Waals surface area contributed by atoms with Gasteiger partial charge in [-0.25, -0.2) is 0 Å². The van der Waals surface area contributed by atoms with Crippen molar-refractivity contribution in [2.24, 2.45) is 0 Å². The van der Waals surface area contributed by atoms with E-state index in [4.69, 9.17) is 4.52 Å². The van der Waals surface area contributed by atoms with Crippen LogP contribution in [0.2, 0.25) is 0 Å². The first-order chi connectivity index (χ1) is 7.33. The van der Waals surface area contributed by atoms with Gasteiger partial charge >= 0.3 is 0 Å². The molecular weight excluding hydrogens is 194 g/mol. The van der Waals surface area contributed by atoms with E-state index in [0.717, 1.165) is 19.5 Å². The smallest absolute Gasteiger partial charge is 0.290 e. The molecule has 5 heteroatoms. The van der Waals surface area contributed by atoms with E-state index in [9.17, 15) is 4.79 Å². The Balaban J connectivity index is 1.98. The lowest BCUT2D eigenvalue weighted by Crippen LogP contribution is -2.31. The van der Waals surface area contributed by atoms with Gasteiger partial charge in [0, 0.05) is 12.5 Å². The molecule has 0 aliphatic carbocycles. The third kappa shape index (κ3) is 2.23. The van der Waals surface area contributed by atoms with Crippen molar-refractivity contribution in [3.05, 3.63) is 11.7 Å². The summed E-state index contributed by atoms with van der Waals surface area (Å²) < 4.78 is 4.75. The number of aromatic nitrogens is 2. The van der Waals surface area contributed by atoms with Crippen LogP contribution in [0.5, 0.6) is 0 Å². The van der Waals surface area contributed by atoms with Crippen LogP contribution in [-0.4, -0.2) is 40.5 Å². The summed E-state index contributed by atoms with van der Waals surface area (Å²) in [6.45, 7) is 4.37. The van der Waals surface area contributed by atoms with Crippen LogP contribution >= 0.6 is 0 Å². The first-order valence-corrected chi connectivity index (χ1v) is 5.35. The van der Waals surface area contributed by atoms with E-state index in [1.165, 1.54) is 12.8 Å². The number of hydrogen-bond donors (Lipinski definition) is 0. The van der Waals surface area contributed by atoms with Crippen LogP contribution in [0, 0.1) is 0 Å². The summed E-state index contributed by atoms with van der Waals surface area (Å²) >= 11 is 0. The molecule has 1 atom stereocenters. The Kier molecular flexibility index (Phi) is 3.11. The number of carbonyl (C=O) groups excluding carboxylic acids is 1. The van der Waals surface area contributed by atoms with Gasteiger partial charge in [0.05, 0.1) is 0 Å². The second-order valence-corrected chi connectivity index (χ2v) is 3.80. The van der Waals surface area contributed by atoms with Gasteiger partial charge in [-0.2, -0.15) is 4.98 Å². The Labute approximate surface area is 88.5 Å². The van der Waals surface area contributed by atoms with Gasteiger partial charge in [0.1, 0.15) is 0 Å². The Morgan fingerprint density at radius 2 is 2.53 bits per heavy atom. The lowest BCUT2D eigenvalue weighted by molar-refractivity contribution is 0.108. The summed E-state index contributed by atoms with van der Waals surface area (Å²) in [5.41, 5.74) is 0. The van der Waals surface area contributed by atoms with Crippen molar-refractivity contribution >= 4 is 6.29 Å². The summed E-state index contributed by atoms with van der Waals surface area (Å²) in [7, 11) is 0. The van der Waals surface area contributed by atoms with Gasteiger partial charge in [0.2, 0.25) is 6.29 Å². The molecule has 0 aromatic carbocycles. The van der Waals surface area contributed by atoms with Gasteiger partial charge in [0.25, 0.3) is 5.89 Å². The van der Waals surface area contributed by atoms with Crippen molar-refractivity contribution in [3.63, 3.8) is 0 Å². The van der Waals surface area contributed by atoms with Crippen LogP contribution < -0.4 is 0 Å². The molecule has 1 aromatic heterocycles. The standard InChI is InChI=1S/C10H15N3O2/c1-2-13-5-3-4-8(13)6-9-11-10(7-14)15-12-9/h7-8H,2-6H2,1H3. The van der Waals surface area contributed by atoms with E-state index in [1.807, 2.05) is 0 Å². The van der Waals surface area contributed by atoms with Crippen LogP contribution in [0.15, 0.2) is 4.52 Å². The predicted octanol–water partition coefficient (Wildman–Crippen LogP) is 0.909. The fourth-order valence-corrected chi connectivity index (χ4v) is 2.15. The highest BCUT2D eigenvalue weighted by molar-refractivity contribution is 5.66. The van der Waals surface area contributed by atoms with Crippen molar-refractivity contribution in [1.82, 2.24) is 15.0 Å². The van der Waals surface area contributed by atoms with Crippen LogP contribution in [0.25, 0.3) is 0 Å². The molecular formula is C10H15N3O2. The number of carbonyl (C=O) groups is 1. The number of nitrogens with zero attached hydrogens (tertiary/aromatic N) is 3. The molecule has 1 aliphatic heterocycles. The van der Waals surface area contributed by atoms with Gasteiger partial charge in [-0.15, -0.1) is 0 Å². The van der Waals surface area contributed by atoms with Gasteiger partial charge in [-0.3, -0.25) is 4.79 Å². The van der Waals surface area contributed by atoms with Gasteiger partial charge in [-0.05, 0) is 25.9 Å². The average Bonchev–Trinajstić information content (AvgIpc) is 2.87. The second kappa shape index (κ2) is 4.53. The summed E-state index contributed by atoms with van der Waals surface area (Å²) in [5, 5.41) is 3.78. The monoisotopic (exact) mass is 209 g/mol. The van der Waals surface area contributed by atoms with E-state index >= 15 is 0 Å². The quantitative estimate of drug-likeness (QED) is 0.690. The Bertz CT molecular complexity index is 337. The van der Waals surface area contributed by atoms with Gasteiger partial charge in [-0.1, -0.05) is 12.1 Å². The molecule has 1 aliphatic rings. The minimum absolute atomic E-state index is 0.0750. The van der Waals surface area contributed by atoms with E-state index in [-0.39, 0.29) is 5.89 Å². The van der Waals surface area contributed by atoms with Crippen LogP contribution in [0.1, 0.15) is 36.3 Å². The highest BCUT2D eigenvalue weighted by atomic mass is 16.5. The summed E-state index contributed by atoms with van der Waals surface area (Å²) in [4.78, 5) is 16.8. The number of rotatable bonds is 4. The molecule has 1 saturated heterocycles. The van der Waals surface area contributed by atoms with Crippen molar-refractivity contribution < 1.29 is 9.32 Å². The Hall–Kier alpha value is -1.23. The van der Waals surface area contributed by atoms with Crippen LogP contribution in [0.3, 0.4) is 0 Å². The van der Waals surface area contributed by atoms with E-state index in [2.05, 4.69) is 22.0 Å². The van der Waals surface area contributed by atoms with Crippen molar-refractivity contribution in [1.29, 1.82) is 0 Å². The molecule has 0 radical (unpaired) electrons. The zero-order valence-electron chi connectivity index (χ0n) is 8.85. The number of likely N-dealkylation sites (tertiary alicyclic amines) is 1. The lowest BCUT2D eigenvalue weighted by atomic mass is 10.1. The number of likely N-dealkylation sites (N-methyl/N-ethyl adjacent to an activating group) is 1. The first kappa shape index (κ1) is 10.3. The third-order valence-electron chi connectivity index (χ3n) is 2.91. The van der Waals surface area contributed by atoms with Crippen molar-refractivity contribution in [3.8, 4) is 0 Å². The normalized spacial score (nSPS) is 22.1. The molecule has 1 unspecified atom stereocenters. The summed E-state index contributed by atoms with van der Waals surface area (Å²) in [5.74, 6) is 0.716. The molecule has 82 valence electrons. The third-order valence-corrected chi connectivity index (χ3v) is 2.91. The average molecular weight is 209 g/mol. The Morgan fingerprint density at radius 1 is 1.67 bits per heavy atom. The fourth-order valence-electron chi connectivity index (χ4n) is 2.15. The van der Waals surface area contributed by atoms with Crippen molar-refractivity contribution in [2.75, 3.05) is 13.1 Å². The van der Waals surface area contributed by atoms with Crippen LogP contribution in [-0.2, 0) is 6.42 Å². The molecule has 0 saturated carbocycles. The van der Waals surface area contributed by atoms with Gasteiger partial charge in [0.15, 0.2) is 5.82 Å². The maximum absolute atomic E-state index is 10.4. The minimum atomic E-state index is 0.0750. The molecule has 1 fully saturated rings. The van der Waals surface area contributed by atoms with Crippen LogP contribution in [0.4, 0.5) is 0 Å².